The third kappa shape index (κ3) is 2.58. The van der Waals surface area contributed by atoms with Gasteiger partial charge in [0, 0.05) is 25.3 Å². The van der Waals surface area contributed by atoms with E-state index in [2.05, 4.69) is 34.4 Å². The summed E-state index contributed by atoms with van der Waals surface area (Å²) in [6.07, 6.45) is 8.01. The van der Waals surface area contributed by atoms with Crippen LogP contribution in [0, 0.1) is 24.3 Å². The maximum absolute atomic E-state index is 12.7. The summed E-state index contributed by atoms with van der Waals surface area (Å²) >= 11 is 0. The molecule has 0 saturated carbocycles. The summed E-state index contributed by atoms with van der Waals surface area (Å²) in [7, 11) is 0. The molecular weight excluding hydrogens is 302 g/mol. The van der Waals surface area contributed by atoms with Crippen LogP contribution >= 0.6 is 0 Å². The maximum atomic E-state index is 12.7. The SMILES string of the molecule is Cc1ccnc(N2CCC(C(=O)N[C@@H]3C[C@@H]4CC[C@H]3N4C#N)C2)c1. The van der Waals surface area contributed by atoms with Gasteiger partial charge in [-0.15, -0.1) is 0 Å². The molecule has 0 aliphatic carbocycles. The minimum atomic E-state index is 0.0157. The van der Waals surface area contributed by atoms with Crippen LogP contribution in [0.4, 0.5) is 5.82 Å². The molecule has 1 unspecified atom stereocenters. The number of rotatable bonds is 3. The summed E-state index contributed by atoms with van der Waals surface area (Å²) in [5.41, 5.74) is 1.19. The van der Waals surface area contributed by atoms with Crippen LogP contribution in [0.5, 0.6) is 0 Å². The molecule has 4 heterocycles. The first-order chi connectivity index (χ1) is 11.7. The zero-order chi connectivity index (χ0) is 16.7. The van der Waals surface area contributed by atoms with Crippen molar-refractivity contribution in [3.05, 3.63) is 23.9 Å². The number of nitrogens with one attached hydrogen (secondary N) is 1. The van der Waals surface area contributed by atoms with Crippen molar-refractivity contribution >= 4 is 11.7 Å². The summed E-state index contributed by atoms with van der Waals surface area (Å²) in [5.74, 6) is 1.11. The van der Waals surface area contributed by atoms with Crippen molar-refractivity contribution in [3.63, 3.8) is 0 Å². The van der Waals surface area contributed by atoms with Gasteiger partial charge in [-0.1, -0.05) is 0 Å². The van der Waals surface area contributed by atoms with E-state index in [9.17, 15) is 10.1 Å². The highest BCUT2D eigenvalue weighted by Gasteiger charge is 2.47. The molecule has 24 heavy (non-hydrogen) atoms. The Bertz CT molecular complexity index is 684. The second-order valence-corrected chi connectivity index (χ2v) is 7.28. The largest absolute Gasteiger partial charge is 0.356 e. The van der Waals surface area contributed by atoms with E-state index in [-0.39, 0.29) is 23.9 Å². The minimum Gasteiger partial charge on any atom is -0.356 e. The number of carbonyl (C=O) groups excluding carboxylic acids is 1. The van der Waals surface area contributed by atoms with Crippen molar-refractivity contribution in [1.29, 1.82) is 5.26 Å². The molecule has 3 saturated heterocycles. The van der Waals surface area contributed by atoms with Crippen LogP contribution in [-0.4, -0.2) is 47.0 Å². The lowest BCUT2D eigenvalue weighted by Crippen LogP contribution is -2.46. The standard InChI is InChI=1S/C18H23N5O/c1-12-4-6-20-17(8-12)22-7-5-13(10-22)18(24)21-15-9-14-2-3-16(15)23(14)11-19/h4,6,8,13-16H,2-3,5,7,9-10H2,1H3,(H,21,24)/t13?,14-,15+,16+/m0/s1. The average Bonchev–Trinajstić information content (AvgIpc) is 3.28. The summed E-state index contributed by atoms with van der Waals surface area (Å²) in [4.78, 5) is 21.2. The minimum absolute atomic E-state index is 0.0157. The van der Waals surface area contributed by atoms with Crippen molar-refractivity contribution in [3.8, 4) is 6.19 Å². The molecule has 6 heteroatoms. The quantitative estimate of drug-likeness (QED) is 0.851. The van der Waals surface area contributed by atoms with Crippen LogP contribution in [0.2, 0.25) is 0 Å². The Morgan fingerprint density at radius 2 is 2.29 bits per heavy atom. The van der Waals surface area contributed by atoms with E-state index in [4.69, 9.17) is 0 Å². The number of nitrogens with zero attached hydrogens (tertiary/aromatic N) is 4. The number of aryl methyl sites for hydroxylation is 1. The van der Waals surface area contributed by atoms with Crippen LogP contribution in [0.3, 0.4) is 0 Å². The molecule has 4 atom stereocenters. The predicted octanol–water partition coefficient (Wildman–Crippen LogP) is 1.42. The molecule has 1 N–H and O–H groups in total. The Labute approximate surface area is 142 Å². The fraction of sp³-hybridized carbons (Fsp3) is 0.611. The summed E-state index contributed by atoms with van der Waals surface area (Å²) < 4.78 is 0. The first-order valence-corrected chi connectivity index (χ1v) is 8.82. The third-order valence-corrected chi connectivity index (χ3v) is 5.76. The van der Waals surface area contributed by atoms with Crippen LogP contribution in [0.15, 0.2) is 18.3 Å². The first-order valence-electron chi connectivity index (χ1n) is 8.82. The lowest BCUT2D eigenvalue weighted by molar-refractivity contribution is -0.125. The molecule has 4 rings (SSSR count). The van der Waals surface area contributed by atoms with E-state index >= 15 is 0 Å². The Morgan fingerprint density at radius 3 is 3.04 bits per heavy atom. The predicted molar refractivity (Wildman–Crippen MR) is 90.1 cm³/mol. The smallest absolute Gasteiger partial charge is 0.225 e. The molecule has 3 fully saturated rings. The van der Waals surface area contributed by atoms with Crippen molar-refractivity contribution in [1.82, 2.24) is 15.2 Å². The average molecular weight is 325 g/mol. The molecule has 0 spiro atoms. The van der Waals surface area contributed by atoms with Gasteiger partial charge in [-0.3, -0.25) is 4.79 Å². The summed E-state index contributed by atoms with van der Waals surface area (Å²) in [5, 5.41) is 12.5. The van der Waals surface area contributed by atoms with Gasteiger partial charge in [0.2, 0.25) is 5.91 Å². The Balaban J connectivity index is 1.36. The molecule has 6 nitrogen and oxygen atoms in total. The van der Waals surface area contributed by atoms with Gasteiger partial charge in [-0.05, 0) is 50.3 Å². The van der Waals surface area contributed by atoms with Crippen LogP contribution in [0.25, 0.3) is 0 Å². The molecule has 1 amide bonds. The Morgan fingerprint density at radius 1 is 1.42 bits per heavy atom. The van der Waals surface area contributed by atoms with E-state index in [1.807, 2.05) is 17.2 Å². The van der Waals surface area contributed by atoms with Crippen molar-refractivity contribution in [2.45, 2.75) is 50.7 Å². The van der Waals surface area contributed by atoms with Crippen molar-refractivity contribution < 1.29 is 4.79 Å². The van der Waals surface area contributed by atoms with Gasteiger partial charge in [0.05, 0.1) is 18.0 Å². The lowest BCUT2D eigenvalue weighted by atomic mass is 9.95. The van der Waals surface area contributed by atoms with Gasteiger partial charge in [-0.25, -0.2) is 4.98 Å². The number of nitriles is 1. The second-order valence-electron chi connectivity index (χ2n) is 7.28. The highest BCUT2D eigenvalue weighted by Crippen LogP contribution is 2.37. The van der Waals surface area contributed by atoms with E-state index in [1.54, 1.807) is 0 Å². The monoisotopic (exact) mass is 325 g/mol. The van der Waals surface area contributed by atoms with Crippen LogP contribution in [0.1, 0.15) is 31.2 Å². The van der Waals surface area contributed by atoms with Gasteiger partial charge in [0.25, 0.3) is 0 Å². The number of fused-ring (bicyclic) bond motifs is 2. The van der Waals surface area contributed by atoms with Crippen LogP contribution in [-0.2, 0) is 4.79 Å². The fourth-order valence-electron chi connectivity index (χ4n) is 4.48. The molecule has 0 aromatic carbocycles. The highest BCUT2D eigenvalue weighted by molar-refractivity contribution is 5.80. The van der Waals surface area contributed by atoms with Gasteiger partial charge >= 0.3 is 0 Å². The first kappa shape index (κ1) is 15.3. The normalized spacial score (nSPS) is 31.3. The number of hydrogen-bond acceptors (Lipinski definition) is 5. The zero-order valence-corrected chi connectivity index (χ0v) is 14.0. The second kappa shape index (κ2) is 5.97. The Kier molecular flexibility index (Phi) is 3.79. The molecule has 3 aliphatic rings. The van der Waals surface area contributed by atoms with E-state index < -0.39 is 0 Å². The van der Waals surface area contributed by atoms with Gasteiger partial charge in [-0.2, -0.15) is 5.26 Å². The topological polar surface area (TPSA) is 72.3 Å². The number of aromatic nitrogens is 1. The Hall–Kier alpha value is -2.29. The van der Waals surface area contributed by atoms with Crippen LogP contribution < -0.4 is 10.2 Å². The number of amides is 1. The van der Waals surface area contributed by atoms with E-state index in [0.29, 0.717) is 6.04 Å². The molecule has 3 aliphatic heterocycles. The summed E-state index contributed by atoms with van der Waals surface area (Å²) in [6, 6.07) is 4.74. The molecule has 126 valence electrons. The lowest BCUT2D eigenvalue weighted by Gasteiger charge is -2.24. The number of hydrogen-bond donors (Lipinski definition) is 1. The van der Waals surface area contributed by atoms with Gasteiger partial charge in [0.1, 0.15) is 5.82 Å². The molecule has 0 radical (unpaired) electrons. The van der Waals surface area contributed by atoms with Crippen molar-refractivity contribution in [2.75, 3.05) is 18.0 Å². The number of anilines is 1. The number of carbonyl (C=O) groups is 1. The van der Waals surface area contributed by atoms with E-state index in [1.165, 1.54) is 5.56 Å². The molecule has 1 aromatic heterocycles. The maximum Gasteiger partial charge on any atom is 0.225 e. The summed E-state index contributed by atoms with van der Waals surface area (Å²) in [6.45, 7) is 3.65. The van der Waals surface area contributed by atoms with E-state index in [0.717, 1.165) is 44.6 Å². The molecule has 1 aromatic rings. The van der Waals surface area contributed by atoms with Gasteiger partial charge in [0.15, 0.2) is 6.19 Å². The third-order valence-electron chi connectivity index (χ3n) is 5.76. The molecular formula is C18H23N5O. The highest BCUT2D eigenvalue weighted by atomic mass is 16.2. The number of pyridine rings is 1. The zero-order valence-electron chi connectivity index (χ0n) is 14.0. The van der Waals surface area contributed by atoms with Gasteiger partial charge < -0.3 is 15.1 Å². The molecule has 2 bridgehead atoms. The fourth-order valence-corrected chi connectivity index (χ4v) is 4.48. The van der Waals surface area contributed by atoms with Crippen molar-refractivity contribution in [2.24, 2.45) is 5.92 Å².